The van der Waals surface area contributed by atoms with Gasteiger partial charge < -0.3 is 35.0 Å². The van der Waals surface area contributed by atoms with Crippen molar-refractivity contribution in [2.45, 2.75) is 69.0 Å². The molecule has 59 heavy (non-hydrogen) atoms. The van der Waals surface area contributed by atoms with Gasteiger partial charge in [-0.1, -0.05) is 65.8 Å². The Morgan fingerprint density at radius 2 is 1.59 bits per heavy atom. The van der Waals surface area contributed by atoms with Crippen LogP contribution in [-0.4, -0.2) is 58.8 Å². The summed E-state index contributed by atoms with van der Waals surface area (Å²) in [5.41, 5.74) is 8.80. The van der Waals surface area contributed by atoms with E-state index in [1.807, 2.05) is 30.3 Å². The molecule has 3 aromatic carbocycles. The van der Waals surface area contributed by atoms with E-state index in [1.54, 1.807) is 69.3 Å². The van der Waals surface area contributed by atoms with Gasteiger partial charge in [-0.25, -0.2) is 19.6 Å². The van der Waals surface area contributed by atoms with Crippen LogP contribution < -0.4 is 21.1 Å². The van der Waals surface area contributed by atoms with Crippen molar-refractivity contribution in [1.82, 2.24) is 20.6 Å². The van der Waals surface area contributed by atoms with Crippen LogP contribution in [0.15, 0.2) is 94.6 Å². The van der Waals surface area contributed by atoms with E-state index in [2.05, 4.69) is 32.7 Å². The summed E-state index contributed by atoms with van der Waals surface area (Å²) in [7, 11) is 0. The number of hydrogen-bond donors (Lipinski definition) is 3. The Labute approximate surface area is 351 Å². The Morgan fingerprint density at radius 3 is 2.25 bits per heavy atom. The molecular formula is C43H42ClN7O7S. The molecule has 0 saturated carbocycles. The molecular weight excluding hydrogens is 794 g/mol. The van der Waals surface area contributed by atoms with Gasteiger partial charge in [-0.3, -0.25) is 4.79 Å². The van der Waals surface area contributed by atoms with Gasteiger partial charge in [0.25, 0.3) is 0 Å². The molecule has 14 nitrogen and oxygen atoms in total. The fourth-order valence-corrected chi connectivity index (χ4v) is 6.58. The molecule has 2 aromatic heterocycles. The Kier molecular flexibility index (Phi) is 14.9. The van der Waals surface area contributed by atoms with E-state index in [9.17, 15) is 24.9 Å². The number of benzene rings is 3. The summed E-state index contributed by atoms with van der Waals surface area (Å²) < 4.78 is 22.2. The molecule has 0 radical (unpaired) electrons. The number of nitriles is 2. The van der Waals surface area contributed by atoms with Gasteiger partial charge in [-0.05, 0) is 75.2 Å². The van der Waals surface area contributed by atoms with Crippen molar-refractivity contribution in [3.8, 4) is 40.5 Å². The Balaban J connectivity index is 1.13. The molecule has 4 N–H and O–H groups in total. The molecule has 0 bridgehead atoms. The van der Waals surface area contributed by atoms with Crippen molar-refractivity contribution < 1.29 is 33.0 Å². The lowest BCUT2D eigenvalue weighted by Crippen LogP contribution is -2.52. The van der Waals surface area contributed by atoms with E-state index in [1.165, 1.54) is 24.9 Å². The topological polar surface area (TPSA) is 215 Å². The van der Waals surface area contributed by atoms with Crippen molar-refractivity contribution in [3.05, 3.63) is 113 Å². The van der Waals surface area contributed by atoms with E-state index < -0.39 is 35.7 Å². The van der Waals surface area contributed by atoms with Gasteiger partial charge in [0.1, 0.15) is 58.2 Å². The second-order valence-corrected chi connectivity index (χ2v) is 15.5. The van der Waals surface area contributed by atoms with E-state index in [-0.39, 0.29) is 36.6 Å². The molecule has 2 amide bonds. The number of nitrogens with zero attached hydrogens (tertiary/aromatic N) is 4. The SMILES string of the molecule is C[C@H](NC(=O)[C@H](Cc1ccccc1)NC(=O)OC(C)(C)C)C(=O)OCCCOc1ccc(-c2c(C#N)c(N)nc(SCc3coc(-c4ccc(Cl)cc4)n3)c2C#N)cc1. The first-order chi connectivity index (χ1) is 28.2. The number of thioether (sulfide) groups is 1. The average molecular weight is 836 g/mol. The average Bonchev–Trinajstić information content (AvgIpc) is 3.68. The number of hydrogen-bond acceptors (Lipinski definition) is 13. The van der Waals surface area contributed by atoms with E-state index in [0.29, 0.717) is 50.7 Å². The molecule has 2 atom stereocenters. The summed E-state index contributed by atoms with van der Waals surface area (Å²) >= 11 is 7.23. The van der Waals surface area contributed by atoms with Crippen molar-refractivity contribution >= 4 is 47.2 Å². The molecule has 2 heterocycles. The van der Waals surface area contributed by atoms with Crippen LogP contribution in [0.3, 0.4) is 0 Å². The molecule has 0 aliphatic rings. The van der Waals surface area contributed by atoms with Crippen LogP contribution in [0.5, 0.6) is 5.75 Å². The number of rotatable bonds is 16. The normalized spacial score (nSPS) is 12.0. The number of carbonyl (C=O) groups excluding carboxylic acids is 3. The van der Waals surface area contributed by atoms with Gasteiger partial charge in [0.15, 0.2) is 0 Å². The van der Waals surface area contributed by atoms with Gasteiger partial charge in [0.2, 0.25) is 11.8 Å². The lowest BCUT2D eigenvalue weighted by molar-refractivity contribution is -0.147. The zero-order valence-corrected chi connectivity index (χ0v) is 34.4. The minimum absolute atomic E-state index is 0.0146. The molecule has 16 heteroatoms. The molecule has 5 aromatic rings. The Morgan fingerprint density at radius 1 is 0.915 bits per heavy atom. The summed E-state index contributed by atoms with van der Waals surface area (Å²) in [4.78, 5) is 47.3. The minimum atomic E-state index is -1.00. The number of carbonyl (C=O) groups is 3. The predicted molar refractivity (Wildman–Crippen MR) is 222 cm³/mol. The number of oxazole rings is 1. The zero-order chi connectivity index (χ0) is 42.5. The van der Waals surface area contributed by atoms with Crippen LogP contribution in [0.25, 0.3) is 22.6 Å². The number of amides is 2. The van der Waals surface area contributed by atoms with E-state index in [4.69, 9.17) is 36.0 Å². The fraction of sp³-hybridized carbons (Fsp3) is 0.279. The maximum absolute atomic E-state index is 13.2. The van der Waals surface area contributed by atoms with Crippen molar-refractivity contribution in [1.29, 1.82) is 10.5 Å². The number of nitrogen functional groups attached to an aromatic ring is 1. The van der Waals surface area contributed by atoms with E-state index in [0.717, 1.165) is 11.1 Å². The van der Waals surface area contributed by atoms with Gasteiger partial charge >= 0.3 is 12.1 Å². The molecule has 304 valence electrons. The quantitative estimate of drug-likeness (QED) is 0.0496. The van der Waals surface area contributed by atoms with Crippen LogP contribution >= 0.6 is 23.4 Å². The van der Waals surface area contributed by atoms with Crippen molar-refractivity contribution in [2.75, 3.05) is 18.9 Å². The summed E-state index contributed by atoms with van der Waals surface area (Å²) in [6, 6.07) is 25.3. The smallest absolute Gasteiger partial charge is 0.408 e. The molecule has 0 aliphatic carbocycles. The van der Waals surface area contributed by atoms with Crippen LogP contribution in [0.1, 0.15) is 56.5 Å². The van der Waals surface area contributed by atoms with Crippen LogP contribution in [0.4, 0.5) is 10.6 Å². The van der Waals surface area contributed by atoms with Crippen molar-refractivity contribution in [2.24, 2.45) is 0 Å². The number of nitrogens with two attached hydrogens (primary N) is 1. The second kappa shape index (κ2) is 20.2. The maximum Gasteiger partial charge on any atom is 0.408 e. The molecule has 5 rings (SSSR count). The number of pyridine rings is 1. The Bertz CT molecular complexity index is 2340. The lowest BCUT2D eigenvalue weighted by atomic mass is 9.97. The number of anilines is 1. The monoisotopic (exact) mass is 835 g/mol. The van der Waals surface area contributed by atoms with Crippen LogP contribution in [0, 0.1) is 22.7 Å². The molecule has 0 unspecified atom stereocenters. The largest absolute Gasteiger partial charge is 0.493 e. The van der Waals surface area contributed by atoms with Crippen LogP contribution in [0.2, 0.25) is 5.02 Å². The number of aromatic nitrogens is 2. The summed E-state index contributed by atoms with van der Waals surface area (Å²) in [6.45, 7) is 6.86. The molecule has 0 saturated heterocycles. The van der Waals surface area contributed by atoms with E-state index >= 15 is 0 Å². The summed E-state index contributed by atoms with van der Waals surface area (Å²) in [5, 5.41) is 26.3. The van der Waals surface area contributed by atoms with Crippen molar-refractivity contribution in [3.63, 3.8) is 0 Å². The maximum atomic E-state index is 13.2. The number of ether oxygens (including phenoxy) is 3. The predicted octanol–water partition coefficient (Wildman–Crippen LogP) is 7.63. The highest BCUT2D eigenvalue weighted by Gasteiger charge is 2.28. The second-order valence-electron chi connectivity index (χ2n) is 14.1. The highest BCUT2D eigenvalue weighted by molar-refractivity contribution is 7.98. The highest BCUT2D eigenvalue weighted by Crippen LogP contribution is 2.37. The third-order valence-corrected chi connectivity index (χ3v) is 9.62. The summed E-state index contributed by atoms with van der Waals surface area (Å²) in [6.07, 6.45) is 1.29. The van der Waals surface area contributed by atoms with Gasteiger partial charge in [0, 0.05) is 34.7 Å². The number of alkyl carbamates (subject to hydrolysis) is 1. The first kappa shape index (κ1) is 43.6. The first-order valence-corrected chi connectivity index (χ1v) is 19.8. The third-order valence-electron chi connectivity index (χ3n) is 8.36. The lowest BCUT2D eigenvalue weighted by Gasteiger charge is -2.24. The molecule has 0 aliphatic heterocycles. The third kappa shape index (κ3) is 12.5. The summed E-state index contributed by atoms with van der Waals surface area (Å²) in [5.74, 6) is 0.00249. The standard InChI is InChI=1S/C43H42ClN7O7S/c1-26(48-38(52)35(21-27-9-6-5-7-10-27)50-42(54)58-43(2,3)4)41(53)56-20-8-19-55-32-17-13-28(14-18-32)36-33(22-45)37(47)51-40(34(36)23-46)59-25-31-24-57-39(49-31)29-11-15-30(44)16-12-29/h5-7,9-18,24,26,35H,8,19-21,25H2,1-4H3,(H2,47,51)(H,48,52)(H,50,54)/t26-,35-/m0/s1. The van der Waals surface area contributed by atoms with Gasteiger partial charge in [-0.15, -0.1) is 0 Å². The Hall–Kier alpha value is -6.55. The number of nitrogens with one attached hydrogen (secondary N) is 2. The fourth-order valence-electron chi connectivity index (χ4n) is 5.58. The van der Waals surface area contributed by atoms with Gasteiger partial charge in [-0.2, -0.15) is 10.5 Å². The van der Waals surface area contributed by atoms with Crippen LogP contribution in [-0.2, 0) is 31.2 Å². The highest BCUT2D eigenvalue weighted by atomic mass is 35.5. The molecule has 0 spiro atoms. The van der Waals surface area contributed by atoms with Gasteiger partial charge in [0.05, 0.1) is 24.5 Å². The minimum Gasteiger partial charge on any atom is -0.493 e. The first-order valence-electron chi connectivity index (χ1n) is 18.4. The molecule has 0 fully saturated rings. The number of halogens is 1. The zero-order valence-electron chi connectivity index (χ0n) is 32.8. The number of esters is 1.